The third-order valence-corrected chi connectivity index (χ3v) is 4.57. The van der Waals surface area contributed by atoms with Crippen molar-refractivity contribution >= 4 is 23.8 Å². The van der Waals surface area contributed by atoms with Crippen LogP contribution < -0.4 is 15.0 Å². The summed E-state index contributed by atoms with van der Waals surface area (Å²) in [6, 6.07) is 14.1. The molecule has 1 heterocycles. The van der Waals surface area contributed by atoms with Crippen molar-refractivity contribution in [2.45, 2.75) is 12.5 Å². The van der Waals surface area contributed by atoms with Crippen LogP contribution in [0.5, 0.6) is 5.75 Å². The Morgan fingerprint density at radius 3 is 2.26 bits per heavy atom. The Hall–Kier alpha value is -3.35. The van der Waals surface area contributed by atoms with Gasteiger partial charge in [0.25, 0.3) is 5.91 Å². The van der Waals surface area contributed by atoms with E-state index in [2.05, 4.69) is 10.4 Å². The van der Waals surface area contributed by atoms with Crippen molar-refractivity contribution in [1.82, 2.24) is 10.3 Å². The second kappa shape index (κ2) is 7.11. The Balaban J connectivity index is 1.80. The maximum atomic E-state index is 12.8. The van der Waals surface area contributed by atoms with E-state index >= 15 is 0 Å². The number of ether oxygens (including phenoxy) is 1. The van der Waals surface area contributed by atoms with Crippen molar-refractivity contribution in [3.63, 3.8) is 0 Å². The Bertz CT molecular complexity index is 875. The first-order valence-corrected chi connectivity index (χ1v) is 8.48. The summed E-state index contributed by atoms with van der Waals surface area (Å²) in [6.07, 6.45) is 1.50. The first kappa shape index (κ1) is 18.4. The largest absolute Gasteiger partial charge is 0.497 e. The third-order valence-electron chi connectivity index (χ3n) is 4.57. The van der Waals surface area contributed by atoms with Crippen LogP contribution in [0.25, 0.3) is 0 Å². The number of nitrogens with zero attached hydrogens (tertiary/aromatic N) is 3. The normalized spacial score (nSPS) is 19.5. The molecule has 1 saturated heterocycles. The van der Waals surface area contributed by atoms with Gasteiger partial charge in [0.1, 0.15) is 11.3 Å². The summed E-state index contributed by atoms with van der Waals surface area (Å²) < 4.78 is 5.14. The second-order valence-corrected chi connectivity index (χ2v) is 6.63. The number of imide groups is 1. The van der Waals surface area contributed by atoms with Gasteiger partial charge in [0.2, 0.25) is 0 Å². The monoisotopic (exact) mass is 366 g/mol. The van der Waals surface area contributed by atoms with Crippen molar-refractivity contribution < 1.29 is 14.3 Å². The van der Waals surface area contributed by atoms with Crippen LogP contribution in [0.1, 0.15) is 18.1 Å². The number of amides is 3. The number of rotatable bonds is 5. The van der Waals surface area contributed by atoms with E-state index in [1.165, 1.54) is 6.21 Å². The van der Waals surface area contributed by atoms with Crippen LogP contribution in [0.3, 0.4) is 0 Å². The van der Waals surface area contributed by atoms with E-state index in [1.54, 1.807) is 38.3 Å². The van der Waals surface area contributed by atoms with Gasteiger partial charge in [-0.05, 0) is 42.3 Å². The minimum absolute atomic E-state index is 0.432. The van der Waals surface area contributed by atoms with Gasteiger partial charge in [-0.15, -0.1) is 5.01 Å². The van der Waals surface area contributed by atoms with Crippen molar-refractivity contribution in [3.05, 3.63) is 59.7 Å². The summed E-state index contributed by atoms with van der Waals surface area (Å²) >= 11 is 0. The van der Waals surface area contributed by atoms with Crippen molar-refractivity contribution in [2.75, 3.05) is 26.1 Å². The minimum atomic E-state index is -1.17. The van der Waals surface area contributed by atoms with E-state index in [0.717, 1.165) is 16.3 Å². The molecule has 1 fully saturated rings. The maximum Gasteiger partial charge on any atom is 0.346 e. The zero-order chi connectivity index (χ0) is 19.6. The maximum absolute atomic E-state index is 12.8. The third kappa shape index (κ3) is 3.48. The number of urea groups is 1. The lowest BCUT2D eigenvalue weighted by atomic mass is 9.92. The van der Waals surface area contributed by atoms with Crippen LogP contribution in [0.2, 0.25) is 0 Å². The fourth-order valence-electron chi connectivity index (χ4n) is 2.83. The molecule has 0 aliphatic carbocycles. The van der Waals surface area contributed by atoms with Crippen molar-refractivity contribution in [1.29, 1.82) is 0 Å². The Labute approximate surface area is 158 Å². The molecule has 140 valence electrons. The minimum Gasteiger partial charge on any atom is -0.497 e. The number of hydrazone groups is 1. The summed E-state index contributed by atoms with van der Waals surface area (Å²) in [5, 5.41) is 7.68. The summed E-state index contributed by atoms with van der Waals surface area (Å²) in [6.45, 7) is 1.66. The van der Waals surface area contributed by atoms with Gasteiger partial charge in [0.15, 0.2) is 0 Å². The highest BCUT2D eigenvalue weighted by molar-refractivity contribution is 6.07. The van der Waals surface area contributed by atoms with Gasteiger partial charge < -0.3 is 15.0 Å². The molecule has 0 aromatic heterocycles. The van der Waals surface area contributed by atoms with Gasteiger partial charge in [-0.3, -0.25) is 4.79 Å². The molecular weight excluding hydrogens is 344 g/mol. The molecule has 27 heavy (non-hydrogen) atoms. The average molecular weight is 366 g/mol. The Morgan fingerprint density at radius 2 is 1.70 bits per heavy atom. The van der Waals surface area contributed by atoms with E-state index in [4.69, 9.17) is 4.74 Å². The summed E-state index contributed by atoms with van der Waals surface area (Å²) in [5.74, 6) is 0.244. The molecule has 0 bridgehead atoms. The molecule has 0 saturated carbocycles. The van der Waals surface area contributed by atoms with Gasteiger partial charge >= 0.3 is 6.03 Å². The lowest BCUT2D eigenvalue weighted by Crippen LogP contribution is -2.40. The van der Waals surface area contributed by atoms with E-state index in [-0.39, 0.29) is 0 Å². The lowest BCUT2D eigenvalue weighted by molar-refractivity contribution is -0.131. The molecular formula is C20H22N4O3. The molecule has 1 unspecified atom stereocenters. The van der Waals surface area contributed by atoms with E-state index < -0.39 is 17.5 Å². The highest BCUT2D eigenvalue weighted by Gasteiger charge is 2.49. The average Bonchev–Trinajstić information content (AvgIpc) is 2.90. The molecule has 7 nitrogen and oxygen atoms in total. The summed E-state index contributed by atoms with van der Waals surface area (Å²) in [7, 11) is 5.48. The number of methoxy groups -OCH3 is 1. The highest BCUT2D eigenvalue weighted by Crippen LogP contribution is 2.30. The van der Waals surface area contributed by atoms with Crippen LogP contribution in [-0.2, 0) is 10.3 Å². The Morgan fingerprint density at radius 1 is 1.07 bits per heavy atom. The standard InChI is InChI=1S/C20H22N4O3/c1-20(15-7-11-17(27-4)12-8-15)18(25)24(19(26)22-20)21-13-14-5-9-16(10-6-14)23(2)3/h5-13H,1-4H3,(H,22,26)/b21-13+. The van der Waals surface area contributed by atoms with Crippen LogP contribution in [-0.4, -0.2) is 44.4 Å². The number of carbonyl (C=O) groups is 2. The molecule has 1 aliphatic heterocycles. The molecule has 2 aromatic rings. The molecule has 3 amide bonds. The highest BCUT2D eigenvalue weighted by atomic mass is 16.5. The van der Waals surface area contributed by atoms with Crippen LogP contribution >= 0.6 is 0 Å². The quantitative estimate of drug-likeness (QED) is 0.652. The van der Waals surface area contributed by atoms with Crippen LogP contribution in [0.15, 0.2) is 53.6 Å². The van der Waals surface area contributed by atoms with Crippen molar-refractivity contribution in [2.24, 2.45) is 5.10 Å². The predicted octanol–water partition coefficient (Wildman–Crippen LogP) is 2.56. The number of anilines is 1. The summed E-state index contributed by atoms with van der Waals surface area (Å²) in [5.41, 5.74) is 1.33. The number of hydrogen-bond acceptors (Lipinski definition) is 5. The van der Waals surface area contributed by atoms with Gasteiger partial charge in [0, 0.05) is 19.8 Å². The topological polar surface area (TPSA) is 74.2 Å². The number of carbonyl (C=O) groups excluding carboxylic acids is 2. The van der Waals surface area contributed by atoms with E-state index in [0.29, 0.717) is 11.3 Å². The summed E-state index contributed by atoms with van der Waals surface area (Å²) in [4.78, 5) is 27.1. The van der Waals surface area contributed by atoms with Crippen LogP contribution in [0, 0.1) is 0 Å². The first-order chi connectivity index (χ1) is 12.8. The molecule has 0 radical (unpaired) electrons. The zero-order valence-electron chi connectivity index (χ0n) is 15.8. The zero-order valence-corrected chi connectivity index (χ0v) is 15.8. The van der Waals surface area contributed by atoms with Gasteiger partial charge in [-0.2, -0.15) is 5.10 Å². The number of benzene rings is 2. The smallest absolute Gasteiger partial charge is 0.346 e. The number of nitrogens with one attached hydrogen (secondary N) is 1. The molecule has 1 atom stereocenters. The molecule has 0 spiro atoms. The predicted molar refractivity (Wildman–Crippen MR) is 104 cm³/mol. The van der Waals surface area contributed by atoms with E-state index in [1.807, 2.05) is 43.3 Å². The van der Waals surface area contributed by atoms with E-state index in [9.17, 15) is 9.59 Å². The van der Waals surface area contributed by atoms with Gasteiger partial charge in [0.05, 0.1) is 13.3 Å². The molecule has 7 heteroatoms. The van der Waals surface area contributed by atoms with Gasteiger partial charge in [-0.25, -0.2) is 4.79 Å². The molecule has 1 aliphatic rings. The van der Waals surface area contributed by atoms with Gasteiger partial charge in [-0.1, -0.05) is 24.3 Å². The van der Waals surface area contributed by atoms with Crippen LogP contribution in [0.4, 0.5) is 10.5 Å². The van der Waals surface area contributed by atoms with Crippen molar-refractivity contribution in [3.8, 4) is 5.75 Å². The fourth-order valence-corrected chi connectivity index (χ4v) is 2.83. The molecule has 2 aromatic carbocycles. The first-order valence-electron chi connectivity index (χ1n) is 8.48. The molecule has 3 rings (SSSR count). The lowest BCUT2D eigenvalue weighted by Gasteiger charge is -2.21. The fraction of sp³-hybridized carbons (Fsp3) is 0.250. The molecule has 1 N–H and O–H groups in total. The second-order valence-electron chi connectivity index (χ2n) is 6.63. The number of hydrogen-bond donors (Lipinski definition) is 1. The SMILES string of the molecule is COc1ccc(C2(C)NC(=O)N(/N=C/c3ccc(N(C)C)cc3)C2=O)cc1. The Kier molecular flexibility index (Phi) is 4.85.